The molecule has 3 heterocycles. The van der Waals surface area contributed by atoms with E-state index in [4.69, 9.17) is 9.47 Å². The fraction of sp³-hybridized carbons (Fsp3) is 0.421. The van der Waals surface area contributed by atoms with Gasteiger partial charge >= 0.3 is 0 Å². The molecule has 0 atom stereocenters. The van der Waals surface area contributed by atoms with Crippen molar-refractivity contribution in [1.82, 2.24) is 24.6 Å². The van der Waals surface area contributed by atoms with Crippen molar-refractivity contribution in [3.05, 3.63) is 36.3 Å². The average Bonchev–Trinajstić information content (AvgIpc) is 3.10. The maximum atomic E-state index is 5.51. The van der Waals surface area contributed by atoms with Gasteiger partial charge < -0.3 is 14.4 Å². The number of methoxy groups -OCH3 is 2. The lowest BCUT2D eigenvalue weighted by molar-refractivity contribution is 0.245. The molecule has 1 fully saturated rings. The minimum absolute atomic E-state index is 0.834. The van der Waals surface area contributed by atoms with Gasteiger partial charge in [-0.2, -0.15) is 5.10 Å². The van der Waals surface area contributed by atoms with Crippen LogP contribution in [0.2, 0.25) is 0 Å². The number of ether oxygens (including phenoxy) is 2. The van der Waals surface area contributed by atoms with Gasteiger partial charge in [-0.05, 0) is 18.2 Å². The zero-order chi connectivity index (χ0) is 18.8. The molecule has 8 heteroatoms. The number of anilines is 1. The number of hydrogen-bond acceptors (Lipinski definition) is 7. The fourth-order valence-corrected chi connectivity index (χ4v) is 3.57. The molecule has 1 aromatic carbocycles. The number of benzene rings is 1. The van der Waals surface area contributed by atoms with E-state index in [1.165, 1.54) is 0 Å². The lowest BCUT2D eigenvalue weighted by Gasteiger charge is -2.35. The summed E-state index contributed by atoms with van der Waals surface area (Å²) in [5, 5.41) is 5.31. The fourth-order valence-electron chi connectivity index (χ4n) is 3.57. The van der Waals surface area contributed by atoms with Crippen LogP contribution in [0.1, 0.15) is 5.56 Å². The minimum Gasteiger partial charge on any atom is -0.497 e. The van der Waals surface area contributed by atoms with Crippen molar-refractivity contribution in [1.29, 1.82) is 0 Å². The first-order valence-corrected chi connectivity index (χ1v) is 9.00. The van der Waals surface area contributed by atoms with E-state index in [-0.39, 0.29) is 0 Å². The predicted octanol–water partition coefficient (Wildman–Crippen LogP) is 1.70. The molecule has 0 bridgehead atoms. The van der Waals surface area contributed by atoms with Gasteiger partial charge in [0.1, 0.15) is 23.6 Å². The van der Waals surface area contributed by atoms with Crippen LogP contribution in [0.4, 0.5) is 5.82 Å². The molecule has 0 spiro atoms. The number of fused-ring (bicyclic) bond motifs is 1. The molecule has 0 radical (unpaired) electrons. The lowest BCUT2D eigenvalue weighted by atomic mass is 10.1. The van der Waals surface area contributed by atoms with E-state index < -0.39 is 0 Å². The molecular formula is C19H24N6O2. The van der Waals surface area contributed by atoms with Gasteiger partial charge in [0.05, 0.1) is 25.8 Å². The third kappa shape index (κ3) is 3.40. The molecule has 2 aromatic heterocycles. The van der Waals surface area contributed by atoms with Crippen molar-refractivity contribution in [2.24, 2.45) is 7.05 Å². The molecule has 0 N–H and O–H groups in total. The van der Waals surface area contributed by atoms with Crippen LogP contribution in [-0.2, 0) is 13.6 Å². The minimum atomic E-state index is 0.834. The Morgan fingerprint density at radius 1 is 1.04 bits per heavy atom. The second kappa shape index (κ2) is 7.40. The number of piperazine rings is 1. The summed E-state index contributed by atoms with van der Waals surface area (Å²) in [7, 11) is 5.29. The van der Waals surface area contributed by atoms with E-state index in [0.717, 1.165) is 66.6 Å². The molecule has 1 aliphatic heterocycles. The Labute approximate surface area is 158 Å². The van der Waals surface area contributed by atoms with Gasteiger partial charge in [-0.15, -0.1) is 0 Å². The van der Waals surface area contributed by atoms with E-state index >= 15 is 0 Å². The first-order valence-electron chi connectivity index (χ1n) is 9.00. The highest BCUT2D eigenvalue weighted by Crippen LogP contribution is 2.27. The number of hydrogen-bond donors (Lipinski definition) is 0. The molecule has 0 amide bonds. The second-order valence-corrected chi connectivity index (χ2v) is 6.64. The van der Waals surface area contributed by atoms with Crippen LogP contribution in [0.5, 0.6) is 11.5 Å². The normalized spacial score (nSPS) is 15.3. The first-order chi connectivity index (χ1) is 13.2. The maximum Gasteiger partial charge on any atom is 0.163 e. The number of aryl methyl sites for hydroxylation is 1. The molecule has 8 nitrogen and oxygen atoms in total. The van der Waals surface area contributed by atoms with Crippen LogP contribution >= 0.6 is 0 Å². The van der Waals surface area contributed by atoms with Crippen LogP contribution < -0.4 is 14.4 Å². The summed E-state index contributed by atoms with van der Waals surface area (Å²) in [6.45, 7) is 4.55. The van der Waals surface area contributed by atoms with Gasteiger partial charge in [-0.1, -0.05) is 0 Å². The zero-order valence-corrected chi connectivity index (χ0v) is 15.9. The van der Waals surface area contributed by atoms with Gasteiger partial charge in [-0.25, -0.2) is 9.97 Å². The van der Waals surface area contributed by atoms with E-state index in [9.17, 15) is 0 Å². The van der Waals surface area contributed by atoms with Crippen molar-refractivity contribution in [3.63, 3.8) is 0 Å². The molecule has 142 valence electrons. The second-order valence-electron chi connectivity index (χ2n) is 6.64. The third-order valence-electron chi connectivity index (χ3n) is 5.06. The molecule has 3 aromatic rings. The van der Waals surface area contributed by atoms with Gasteiger partial charge in [0, 0.05) is 45.3 Å². The van der Waals surface area contributed by atoms with Gasteiger partial charge in [-0.3, -0.25) is 9.58 Å². The molecule has 4 rings (SSSR count). The highest BCUT2D eigenvalue weighted by Gasteiger charge is 2.22. The Morgan fingerprint density at radius 3 is 2.59 bits per heavy atom. The topological polar surface area (TPSA) is 68.5 Å². The average molecular weight is 368 g/mol. The van der Waals surface area contributed by atoms with E-state index in [1.54, 1.807) is 25.2 Å². The van der Waals surface area contributed by atoms with Crippen molar-refractivity contribution in [2.45, 2.75) is 6.54 Å². The largest absolute Gasteiger partial charge is 0.497 e. The molecular weight excluding hydrogens is 344 g/mol. The molecule has 1 aliphatic rings. The highest BCUT2D eigenvalue weighted by atomic mass is 16.5. The number of aromatic nitrogens is 4. The molecule has 0 unspecified atom stereocenters. The van der Waals surface area contributed by atoms with E-state index in [1.807, 2.05) is 25.4 Å². The monoisotopic (exact) mass is 368 g/mol. The summed E-state index contributed by atoms with van der Waals surface area (Å²) in [5.41, 5.74) is 2.01. The van der Waals surface area contributed by atoms with Gasteiger partial charge in [0.15, 0.2) is 5.65 Å². The Morgan fingerprint density at radius 2 is 1.85 bits per heavy atom. The smallest absolute Gasteiger partial charge is 0.163 e. The summed E-state index contributed by atoms with van der Waals surface area (Å²) in [6, 6.07) is 5.94. The predicted molar refractivity (Wildman–Crippen MR) is 103 cm³/mol. The standard InChI is InChI=1S/C19H24N6O2/c1-23-18-16(11-22-23)19(21-13-20-18)25-8-6-24(7-9-25)12-14-10-15(26-2)4-5-17(14)27-3/h4-5,10-11,13H,6-9,12H2,1-3H3. The van der Waals surface area contributed by atoms with Crippen LogP contribution in [0, 0.1) is 0 Å². The highest BCUT2D eigenvalue weighted by molar-refractivity contribution is 5.86. The first kappa shape index (κ1) is 17.5. The zero-order valence-electron chi connectivity index (χ0n) is 15.9. The van der Waals surface area contributed by atoms with Gasteiger partial charge in [0.25, 0.3) is 0 Å². The quantitative estimate of drug-likeness (QED) is 0.679. The third-order valence-corrected chi connectivity index (χ3v) is 5.06. The van der Waals surface area contributed by atoms with Gasteiger partial charge in [0.2, 0.25) is 0 Å². The lowest BCUT2D eigenvalue weighted by Crippen LogP contribution is -2.46. The Kier molecular flexibility index (Phi) is 4.81. The summed E-state index contributed by atoms with van der Waals surface area (Å²) in [6.07, 6.45) is 3.46. The van der Waals surface area contributed by atoms with E-state index in [0.29, 0.717) is 0 Å². The molecule has 1 saturated heterocycles. The maximum absolute atomic E-state index is 5.51. The Bertz CT molecular complexity index is 933. The number of nitrogens with zero attached hydrogens (tertiary/aromatic N) is 6. The molecule has 0 saturated carbocycles. The van der Waals surface area contributed by atoms with Crippen molar-refractivity contribution >= 4 is 16.9 Å². The number of rotatable bonds is 5. The summed E-state index contributed by atoms with van der Waals surface area (Å²) in [4.78, 5) is 13.6. The summed E-state index contributed by atoms with van der Waals surface area (Å²) < 4.78 is 12.6. The molecule has 0 aliphatic carbocycles. The van der Waals surface area contributed by atoms with E-state index in [2.05, 4.69) is 30.9 Å². The SMILES string of the molecule is COc1ccc(OC)c(CN2CCN(c3ncnc4c3cnn4C)CC2)c1. The Balaban J connectivity index is 1.46. The summed E-state index contributed by atoms with van der Waals surface area (Å²) in [5.74, 6) is 2.71. The van der Waals surface area contributed by atoms with Crippen LogP contribution in [0.25, 0.3) is 11.0 Å². The van der Waals surface area contributed by atoms with Crippen LogP contribution in [0.3, 0.4) is 0 Å². The van der Waals surface area contributed by atoms with Crippen molar-refractivity contribution < 1.29 is 9.47 Å². The van der Waals surface area contributed by atoms with Crippen molar-refractivity contribution in [3.8, 4) is 11.5 Å². The Hall–Kier alpha value is -2.87. The molecule has 27 heavy (non-hydrogen) atoms. The van der Waals surface area contributed by atoms with Crippen LogP contribution in [-0.4, -0.2) is 65.0 Å². The van der Waals surface area contributed by atoms with Crippen molar-refractivity contribution in [2.75, 3.05) is 45.3 Å². The van der Waals surface area contributed by atoms with Crippen LogP contribution in [0.15, 0.2) is 30.7 Å². The summed E-state index contributed by atoms with van der Waals surface area (Å²) >= 11 is 0.